The van der Waals surface area contributed by atoms with E-state index < -0.39 is 11.6 Å². The van der Waals surface area contributed by atoms with Crippen molar-refractivity contribution in [3.05, 3.63) is 64.0 Å². The summed E-state index contributed by atoms with van der Waals surface area (Å²) < 4.78 is 39.8. The first-order valence-corrected chi connectivity index (χ1v) is 10.8. The van der Waals surface area contributed by atoms with E-state index in [0.717, 1.165) is 35.4 Å². The van der Waals surface area contributed by atoms with Crippen LogP contribution in [0.15, 0.2) is 35.7 Å². The second-order valence-electron chi connectivity index (χ2n) is 7.32. The summed E-state index contributed by atoms with van der Waals surface area (Å²) in [6.45, 7) is 3.24. The number of carbonyl (C=O) groups is 1. The highest BCUT2D eigenvalue weighted by molar-refractivity contribution is 7.14. The van der Waals surface area contributed by atoms with E-state index in [1.165, 1.54) is 17.4 Å². The third-order valence-electron chi connectivity index (χ3n) is 5.34. The van der Waals surface area contributed by atoms with E-state index >= 15 is 0 Å². The Morgan fingerprint density at radius 2 is 1.97 bits per heavy atom. The first kappa shape index (κ1) is 19.9. The molecule has 1 fully saturated rings. The van der Waals surface area contributed by atoms with Crippen molar-refractivity contribution in [1.82, 2.24) is 10.3 Å². The molecule has 160 valence electrons. The molecule has 0 spiro atoms. The Kier molecular flexibility index (Phi) is 5.29. The molecular weight excluding hydrogens is 424 g/mol. The fraction of sp³-hybridized carbons (Fsp3) is 0.273. The van der Waals surface area contributed by atoms with Gasteiger partial charge in [0.15, 0.2) is 16.7 Å². The van der Waals surface area contributed by atoms with Crippen LogP contribution in [0.5, 0.6) is 5.75 Å². The number of carbonyl (C=O) groups excluding carboxylic acids is 1. The second kappa shape index (κ2) is 8.24. The smallest absolute Gasteiger partial charge is 0.251 e. The summed E-state index contributed by atoms with van der Waals surface area (Å²) in [4.78, 5) is 18.4. The van der Waals surface area contributed by atoms with Crippen molar-refractivity contribution in [3.63, 3.8) is 0 Å². The molecule has 0 unspecified atom stereocenters. The lowest BCUT2D eigenvalue weighted by atomic mass is 10.1. The molecule has 0 bridgehead atoms. The molecule has 1 N–H and O–H groups in total. The molecule has 6 nitrogen and oxygen atoms in total. The number of hydrogen-bond acceptors (Lipinski definition) is 6. The summed E-state index contributed by atoms with van der Waals surface area (Å²) >= 11 is 1.45. The number of fused-ring (bicyclic) bond motifs is 1. The molecule has 2 aromatic carbocycles. The van der Waals surface area contributed by atoms with Crippen molar-refractivity contribution in [1.29, 1.82) is 0 Å². The number of ether oxygens (including phenoxy) is 2. The van der Waals surface area contributed by atoms with Crippen LogP contribution in [0.25, 0.3) is 11.3 Å². The topological polar surface area (TPSA) is 63.7 Å². The molecule has 9 heteroatoms. The monoisotopic (exact) mass is 443 g/mol. The molecular formula is C22H19F2N3O3S. The maximum Gasteiger partial charge on any atom is 0.251 e. The van der Waals surface area contributed by atoms with Crippen molar-refractivity contribution in [3.8, 4) is 17.0 Å². The van der Waals surface area contributed by atoms with Crippen molar-refractivity contribution in [2.45, 2.75) is 13.2 Å². The highest BCUT2D eigenvalue weighted by atomic mass is 32.1. The first-order valence-electron chi connectivity index (χ1n) is 9.89. The van der Waals surface area contributed by atoms with Gasteiger partial charge in [-0.3, -0.25) is 4.79 Å². The first-order chi connectivity index (χ1) is 15.1. The third kappa shape index (κ3) is 3.86. The number of benzene rings is 2. The Hall–Kier alpha value is -3.04. The molecule has 1 saturated heterocycles. The molecule has 1 aromatic heterocycles. The molecule has 5 rings (SSSR count). The van der Waals surface area contributed by atoms with Crippen LogP contribution in [-0.2, 0) is 17.9 Å². The van der Waals surface area contributed by atoms with Crippen LogP contribution >= 0.6 is 11.3 Å². The van der Waals surface area contributed by atoms with Gasteiger partial charge >= 0.3 is 0 Å². The fourth-order valence-electron chi connectivity index (χ4n) is 3.69. The second-order valence-corrected chi connectivity index (χ2v) is 8.15. The lowest BCUT2D eigenvalue weighted by molar-refractivity contribution is 0.0965. The summed E-state index contributed by atoms with van der Waals surface area (Å²) in [6.07, 6.45) is 0. The van der Waals surface area contributed by atoms with Gasteiger partial charge in [0.2, 0.25) is 5.82 Å². The summed E-state index contributed by atoms with van der Waals surface area (Å²) in [5.74, 6) is -2.31. The molecule has 2 aliphatic heterocycles. The number of anilines is 1. The normalized spacial score (nSPS) is 15.7. The van der Waals surface area contributed by atoms with Crippen molar-refractivity contribution in [2.24, 2.45) is 0 Å². The minimum Gasteiger partial charge on any atom is -0.485 e. The molecule has 0 aliphatic carbocycles. The largest absolute Gasteiger partial charge is 0.485 e. The zero-order valence-corrected chi connectivity index (χ0v) is 17.3. The van der Waals surface area contributed by atoms with Gasteiger partial charge in [-0.05, 0) is 35.4 Å². The molecule has 0 saturated carbocycles. The number of morpholine rings is 1. The fourth-order valence-corrected chi connectivity index (χ4v) is 4.57. The number of amides is 1. The van der Waals surface area contributed by atoms with Crippen molar-refractivity contribution < 1.29 is 23.0 Å². The van der Waals surface area contributed by atoms with Gasteiger partial charge in [0, 0.05) is 36.1 Å². The highest BCUT2D eigenvalue weighted by Gasteiger charge is 2.22. The average Bonchev–Trinajstić information content (AvgIpc) is 3.43. The number of rotatable bonds is 5. The number of nitrogens with zero attached hydrogens (tertiary/aromatic N) is 2. The summed E-state index contributed by atoms with van der Waals surface area (Å²) in [6, 6.07) is 7.87. The highest BCUT2D eigenvalue weighted by Crippen LogP contribution is 2.37. The quantitative estimate of drug-likeness (QED) is 0.651. The minimum atomic E-state index is -1.04. The van der Waals surface area contributed by atoms with Crippen LogP contribution < -0.4 is 15.0 Å². The lowest BCUT2D eigenvalue weighted by Gasteiger charge is -2.26. The van der Waals surface area contributed by atoms with Gasteiger partial charge in [-0.25, -0.2) is 9.37 Å². The number of aromatic nitrogens is 1. The van der Waals surface area contributed by atoms with Gasteiger partial charge < -0.3 is 19.7 Å². The zero-order chi connectivity index (χ0) is 21.4. The van der Waals surface area contributed by atoms with E-state index in [0.29, 0.717) is 36.6 Å². The van der Waals surface area contributed by atoms with Crippen LogP contribution in [0.3, 0.4) is 0 Å². The molecule has 2 aliphatic rings. The Bertz CT molecular complexity index is 1150. The van der Waals surface area contributed by atoms with E-state index in [4.69, 9.17) is 9.47 Å². The Morgan fingerprint density at radius 1 is 1.16 bits per heavy atom. The van der Waals surface area contributed by atoms with E-state index in [1.807, 2.05) is 11.4 Å². The molecule has 1 amide bonds. The van der Waals surface area contributed by atoms with Crippen LogP contribution in [0.2, 0.25) is 0 Å². The molecule has 3 aromatic rings. The van der Waals surface area contributed by atoms with E-state index in [1.54, 1.807) is 12.1 Å². The van der Waals surface area contributed by atoms with Gasteiger partial charge in [0.1, 0.15) is 6.61 Å². The molecule has 0 radical (unpaired) electrons. The maximum absolute atomic E-state index is 14.7. The van der Waals surface area contributed by atoms with E-state index in [-0.39, 0.29) is 18.3 Å². The lowest BCUT2D eigenvalue weighted by Crippen LogP contribution is -2.36. The summed E-state index contributed by atoms with van der Waals surface area (Å²) in [5, 5.41) is 5.38. The molecule has 3 heterocycles. The van der Waals surface area contributed by atoms with Crippen LogP contribution in [-0.4, -0.2) is 37.2 Å². The number of nitrogens with one attached hydrogen (secondary N) is 1. The molecule has 31 heavy (non-hydrogen) atoms. The van der Waals surface area contributed by atoms with Crippen LogP contribution in [0.1, 0.15) is 21.5 Å². The van der Waals surface area contributed by atoms with Crippen LogP contribution in [0, 0.1) is 11.6 Å². The van der Waals surface area contributed by atoms with E-state index in [2.05, 4.69) is 15.2 Å². The van der Waals surface area contributed by atoms with Gasteiger partial charge in [0.25, 0.3) is 5.91 Å². The third-order valence-corrected chi connectivity index (χ3v) is 6.24. The van der Waals surface area contributed by atoms with Crippen LogP contribution in [0.4, 0.5) is 13.9 Å². The molecule has 0 atom stereocenters. The number of thiazole rings is 1. The summed E-state index contributed by atoms with van der Waals surface area (Å²) in [7, 11) is 0. The average molecular weight is 443 g/mol. The number of halogens is 2. The van der Waals surface area contributed by atoms with E-state index in [9.17, 15) is 13.6 Å². The van der Waals surface area contributed by atoms with Gasteiger partial charge in [-0.1, -0.05) is 6.07 Å². The SMILES string of the molecule is O=C1NCc2cc(COc3c(-c4csc(N5CCOCC5)n4)ccc(F)c3F)ccc21. The Balaban J connectivity index is 1.41. The van der Waals surface area contributed by atoms with Crippen molar-refractivity contribution >= 4 is 22.4 Å². The standard InChI is InChI=1S/C22H19F2N3O3S/c23-17-4-3-16(18-12-31-22(26-18)27-5-7-29-8-6-27)20(19(17)24)30-11-13-1-2-15-14(9-13)10-25-21(15)28/h1-4,9,12H,5-8,10-11H2,(H,25,28). The van der Waals surface area contributed by atoms with Crippen molar-refractivity contribution in [2.75, 3.05) is 31.2 Å². The predicted molar refractivity (Wildman–Crippen MR) is 112 cm³/mol. The minimum absolute atomic E-state index is 0.0370. The van der Waals surface area contributed by atoms with Gasteiger partial charge in [0.05, 0.1) is 18.9 Å². The number of hydrogen-bond donors (Lipinski definition) is 1. The Morgan fingerprint density at radius 3 is 2.81 bits per heavy atom. The van der Waals surface area contributed by atoms with Gasteiger partial charge in [-0.2, -0.15) is 4.39 Å². The zero-order valence-electron chi connectivity index (χ0n) is 16.5. The predicted octanol–water partition coefficient (Wildman–Crippen LogP) is 3.75. The van der Waals surface area contributed by atoms with Gasteiger partial charge in [-0.15, -0.1) is 11.3 Å². The summed E-state index contributed by atoms with van der Waals surface area (Å²) in [5.41, 5.74) is 3.18. The maximum atomic E-state index is 14.7. The Labute approximate surface area is 181 Å².